The minimum atomic E-state index is -0.123. The van der Waals surface area contributed by atoms with Crippen molar-refractivity contribution in [1.82, 2.24) is 5.32 Å². The number of anilines is 1. The van der Waals surface area contributed by atoms with E-state index in [2.05, 4.69) is 36.5 Å². The number of ether oxygens (including phenoxy) is 1. The smallest absolute Gasteiger partial charge is 0.229 e. The fraction of sp³-hybridized carbons (Fsp3) is 0.300. The lowest BCUT2D eigenvalue weighted by Crippen LogP contribution is -2.35. The molecular formula is C20H22N2O3. The summed E-state index contributed by atoms with van der Waals surface area (Å²) in [5.74, 6) is 0.668. The summed E-state index contributed by atoms with van der Waals surface area (Å²) < 4.78 is 5.79. The third kappa shape index (κ3) is 4.38. The molecule has 1 atom stereocenters. The van der Waals surface area contributed by atoms with E-state index in [9.17, 15) is 9.59 Å². The van der Waals surface area contributed by atoms with Crippen molar-refractivity contribution in [1.29, 1.82) is 0 Å². The normalized spacial score (nSPS) is 16.8. The second-order valence-electron chi connectivity index (χ2n) is 6.37. The largest absolute Gasteiger partial charge is 0.489 e. The van der Waals surface area contributed by atoms with Crippen LogP contribution in [0.25, 0.3) is 0 Å². The molecule has 0 spiro atoms. The zero-order chi connectivity index (χ0) is 17.8. The first-order valence-electron chi connectivity index (χ1n) is 8.37. The Bertz CT molecular complexity index is 754. The molecule has 0 aromatic heterocycles. The van der Waals surface area contributed by atoms with Crippen molar-refractivity contribution in [3.63, 3.8) is 0 Å². The number of hydrogen-bond acceptors (Lipinski definition) is 3. The van der Waals surface area contributed by atoms with Crippen LogP contribution in [0.3, 0.4) is 0 Å². The topological polar surface area (TPSA) is 58.6 Å². The maximum Gasteiger partial charge on any atom is 0.229 e. The summed E-state index contributed by atoms with van der Waals surface area (Å²) in [7, 11) is 0. The van der Waals surface area contributed by atoms with Gasteiger partial charge in [-0.1, -0.05) is 29.8 Å². The second kappa shape index (κ2) is 7.38. The summed E-state index contributed by atoms with van der Waals surface area (Å²) in [6.45, 7) is 4.53. The molecule has 2 aromatic carbocycles. The van der Waals surface area contributed by atoms with Crippen molar-refractivity contribution in [3.05, 3.63) is 59.7 Å². The first-order chi connectivity index (χ1) is 12.0. The van der Waals surface area contributed by atoms with Gasteiger partial charge in [-0.25, -0.2) is 0 Å². The van der Waals surface area contributed by atoms with Gasteiger partial charge in [0, 0.05) is 25.6 Å². The molecule has 1 aliphatic heterocycles. The average Bonchev–Trinajstić information content (AvgIpc) is 2.94. The summed E-state index contributed by atoms with van der Waals surface area (Å²) >= 11 is 0. The van der Waals surface area contributed by atoms with E-state index in [1.54, 1.807) is 4.90 Å². The summed E-state index contributed by atoms with van der Waals surface area (Å²) in [6, 6.07) is 15.6. The van der Waals surface area contributed by atoms with Crippen molar-refractivity contribution >= 4 is 17.5 Å². The summed E-state index contributed by atoms with van der Waals surface area (Å²) in [4.78, 5) is 25.0. The van der Waals surface area contributed by atoms with Crippen LogP contribution in [0, 0.1) is 6.92 Å². The first-order valence-corrected chi connectivity index (χ1v) is 8.37. The van der Waals surface area contributed by atoms with Crippen LogP contribution in [0.5, 0.6) is 5.75 Å². The van der Waals surface area contributed by atoms with Crippen LogP contribution >= 0.6 is 0 Å². The molecule has 130 valence electrons. The highest BCUT2D eigenvalue weighted by Crippen LogP contribution is 2.24. The SMILES string of the molecule is CC(=O)N[C@H]1CC(=O)N(c2ccc(OCc3ccc(C)cc3)cc2)C1. The summed E-state index contributed by atoms with van der Waals surface area (Å²) in [5.41, 5.74) is 3.16. The number of aryl methyl sites for hydroxylation is 1. The average molecular weight is 338 g/mol. The quantitative estimate of drug-likeness (QED) is 0.912. The molecule has 5 heteroatoms. The van der Waals surface area contributed by atoms with Gasteiger partial charge >= 0.3 is 0 Å². The maximum absolute atomic E-state index is 12.1. The molecule has 0 unspecified atom stereocenters. The number of nitrogens with one attached hydrogen (secondary N) is 1. The molecule has 3 rings (SSSR count). The standard InChI is InChI=1S/C20H22N2O3/c1-14-3-5-16(6-4-14)13-25-19-9-7-18(8-10-19)22-12-17(11-20(22)24)21-15(2)23/h3-10,17H,11-13H2,1-2H3,(H,21,23)/t17-/m0/s1. The van der Waals surface area contributed by atoms with Crippen LogP contribution in [-0.4, -0.2) is 24.4 Å². The zero-order valence-corrected chi connectivity index (χ0v) is 14.5. The van der Waals surface area contributed by atoms with Crippen molar-refractivity contribution in [2.24, 2.45) is 0 Å². The van der Waals surface area contributed by atoms with Crippen molar-refractivity contribution in [2.45, 2.75) is 32.9 Å². The minimum absolute atomic E-state index is 0.0204. The highest BCUT2D eigenvalue weighted by molar-refractivity contribution is 5.96. The van der Waals surface area contributed by atoms with E-state index in [4.69, 9.17) is 4.74 Å². The van der Waals surface area contributed by atoms with Gasteiger partial charge < -0.3 is 15.0 Å². The molecule has 1 N–H and O–H groups in total. The lowest BCUT2D eigenvalue weighted by molar-refractivity contribution is -0.119. The molecular weight excluding hydrogens is 316 g/mol. The third-order valence-corrected chi connectivity index (χ3v) is 4.21. The highest BCUT2D eigenvalue weighted by Gasteiger charge is 2.30. The van der Waals surface area contributed by atoms with Gasteiger partial charge in [-0.05, 0) is 36.8 Å². The Morgan fingerprint density at radius 3 is 2.48 bits per heavy atom. The number of amides is 2. The van der Waals surface area contributed by atoms with E-state index in [1.165, 1.54) is 12.5 Å². The fourth-order valence-electron chi connectivity index (χ4n) is 2.91. The minimum Gasteiger partial charge on any atom is -0.489 e. The van der Waals surface area contributed by atoms with Gasteiger partial charge in [0.15, 0.2) is 0 Å². The van der Waals surface area contributed by atoms with E-state index in [0.29, 0.717) is 19.6 Å². The van der Waals surface area contributed by atoms with E-state index >= 15 is 0 Å². The number of nitrogens with zero attached hydrogens (tertiary/aromatic N) is 1. The van der Waals surface area contributed by atoms with Gasteiger partial charge in [-0.2, -0.15) is 0 Å². The number of rotatable bonds is 5. The molecule has 1 fully saturated rings. The monoisotopic (exact) mass is 338 g/mol. The Morgan fingerprint density at radius 2 is 1.84 bits per heavy atom. The van der Waals surface area contributed by atoms with Crippen LogP contribution in [0.2, 0.25) is 0 Å². The lowest BCUT2D eigenvalue weighted by Gasteiger charge is -2.17. The van der Waals surface area contributed by atoms with E-state index in [1.807, 2.05) is 24.3 Å². The Hall–Kier alpha value is -2.82. The molecule has 1 aliphatic rings. The molecule has 2 aromatic rings. The summed E-state index contributed by atoms with van der Waals surface area (Å²) in [6.07, 6.45) is 0.339. The molecule has 0 radical (unpaired) electrons. The van der Waals surface area contributed by atoms with Gasteiger partial charge in [0.2, 0.25) is 11.8 Å². The molecule has 25 heavy (non-hydrogen) atoms. The van der Waals surface area contributed by atoms with E-state index < -0.39 is 0 Å². The Morgan fingerprint density at radius 1 is 1.16 bits per heavy atom. The first kappa shape index (κ1) is 17.0. The van der Waals surface area contributed by atoms with Crippen LogP contribution < -0.4 is 15.0 Å². The number of carbonyl (C=O) groups excluding carboxylic acids is 2. The molecule has 5 nitrogen and oxygen atoms in total. The van der Waals surface area contributed by atoms with Crippen LogP contribution in [0.15, 0.2) is 48.5 Å². The molecule has 0 saturated carbocycles. The lowest BCUT2D eigenvalue weighted by atomic mass is 10.2. The van der Waals surface area contributed by atoms with Gasteiger partial charge in [0.25, 0.3) is 0 Å². The molecule has 1 saturated heterocycles. The highest BCUT2D eigenvalue weighted by atomic mass is 16.5. The fourth-order valence-corrected chi connectivity index (χ4v) is 2.91. The van der Waals surface area contributed by atoms with Gasteiger partial charge in [-0.15, -0.1) is 0 Å². The second-order valence-corrected chi connectivity index (χ2v) is 6.37. The van der Waals surface area contributed by atoms with E-state index in [-0.39, 0.29) is 17.9 Å². The van der Waals surface area contributed by atoms with Crippen molar-refractivity contribution in [2.75, 3.05) is 11.4 Å². The zero-order valence-electron chi connectivity index (χ0n) is 14.5. The number of hydrogen-bond donors (Lipinski definition) is 1. The Balaban J connectivity index is 1.59. The van der Waals surface area contributed by atoms with Gasteiger partial charge in [0.05, 0.1) is 6.04 Å². The van der Waals surface area contributed by atoms with Gasteiger partial charge in [-0.3, -0.25) is 9.59 Å². The van der Waals surface area contributed by atoms with E-state index in [0.717, 1.165) is 17.0 Å². The van der Waals surface area contributed by atoms with Crippen molar-refractivity contribution < 1.29 is 14.3 Å². The maximum atomic E-state index is 12.1. The van der Waals surface area contributed by atoms with Crippen LogP contribution in [0.4, 0.5) is 5.69 Å². The molecule has 1 heterocycles. The number of benzene rings is 2. The predicted octanol–water partition coefficient (Wildman–Crippen LogP) is 2.82. The number of carbonyl (C=O) groups is 2. The van der Waals surface area contributed by atoms with Gasteiger partial charge in [0.1, 0.15) is 12.4 Å². The Labute approximate surface area is 147 Å². The van der Waals surface area contributed by atoms with Crippen LogP contribution in [-0.2, 0) is 16.2 Å². The summed E-state index contributed by atoms with van der Waals surface area (Å²) in [5, 5.41) is 2.80. The van der Waals surface area contributed by atoms with Crippen molar-refractivity contribution in [3.8, 4) is 5.75 Å². The molecule has 0 bridgehead atoms. The van der Waals surface area contributed by atoms with Crippen LogP contribution in [0.1, 0.15) is 24.5 Å². The molecule has 2 amide bonds. The molecule has 0 aliphatic carbocycles. The predicted molar refractivity (Wildman–Crippen MR) is 96.5 cm³/mol. The Kier molecular flexibility index (Phi) is 5.03. The third-order valence-electron chi connectivity index (χ3n) is 4.21.